The zero-order valence-electron chi connectivity index (χ0n) is 8.16. The molecule has 1 unspecified atom stereocenters. The first kappa shape index (κ1) is 11.4. The van der Waals surface area contributed by atoms with Crippen molar-refractivity contribution in [2.75, 3.05) is 0 Å². The number of hydrogen-bond donors (Lipinski definition) is 1. The van der Waals surface area contributed by atoms with Gasteiger partial charge in [-0.05, 0) is 11.8 Å². The van der Waals surface area contributed by atoms with E-state index in [4.69, 9.17) is 11.0 Å². The van der Waals surface area contributed by atoms with E-state index in [1.54, 1.807) is 0 Å². The van der Waals surface area contributed by atoms with E-state index in [0.29, 0.717) is 0 Å². The summed E-state index contributed by atoms with van der Waals surface area (Å²) < 4.78 is 0. The van der Waals surface area contributed by atoms with E-state index in [2.05, 4.69) is 0 Å². The number of hydrogen-bond acceptors (Lipinski definition) is 2. The van der Waals surface area contributed by atoms with E-state index in [-0.39, 0.29) is 11.8 Å². The second-order valence-electron chi connectivity index (χ2n) is 3.77. The van der Waals surface area contributed by atoms with Crippen LogP contribution < -0.4 is 5.73 Å². The van der Waals surface area contributed by atoms with Crippen LogP contribution in [-0.2, 0) is 5.11 Å². The highest BCUT2D eigenvalue weighted by molar-refractivity contribution is 5.05. The van der Waals surface area contributed by atoms with Crippen LogP contribution in [0.4, 0.5) is 0 Å². The predicted octanol–water partition coefficient (Wildman–Crippen LogP) is 1.32. The molecule has 0 aromatic heterocycles. The lowest BCUT2D eigenvalue weighted by Crippen LogP contribution is -2.53. The van der Waals surface area contributed by atoms with E-state index in [0.717, 1.165) is 0 Å². The summed E-state index contributed by atoms with van der Waals surface area (Å²) in [4.78, 5) is 0. The van der Waals surface area contributed by atoms with Gasteiger partial charge in [-0.3, -0.25) is 0 Å². The van der Waals surface area contributed by atoms with Crippen molar-refractivity contribution in [1.29, 1.82) is 5.26 Å². The molecule has 0 aliphatic heterocycles. The summed E-state index contributed by atoms with van der Waals surface area (Å²) in [5.74, 6) is -0.237. The Labute approximate surface area is 74.2 Å². The van der Waals surface area contributed by atoms with Crippen LogP contribution in [0.1, 0.15) is 27.7 Å². The first-order chi connectivity index (χ1) is 5.37. The molecule has 1 radical (unpaired) electrons. The highest BCUT2D eigenvalue weighted by Crippen LogP contribution is 2.29. The Kier molecular flexibility index (Phi) is 3.69. The molecule has 1 atom stereocenters. The molecule has 3 nitrogen and oxygen atoms in total. The first-order valence-corrected chi connectivity index (χ1v) is 4.23. The van der Waals surface area contributed by atoms with Gasteiger partial charge in [-0.2, -0.15) is 5.26 Å². The summed E-state index contributed by atoms with van der Waals surface area (Å²) in [6, 6.07) is 0.914. The first-order valence-electron chi connectivity index (χ1n) is 4.23. The minimum atomic E-state index is -1.32. The summed E-state index contributed by atoms with van der Waals surface area (Å²) in [6.45, 7) is 7.24. The molecule has 0 aromatic rings. The van der Waals surface area contributed by atoms with Crippen molar-refractivity contribution < 1.29 is 5.11 Å². The second kappa shape index (κ2) is 3.88. The highest BCUT2D eigenvalue weighted by atomic mass is 16.3. The molecule has 0 rings (SSSR count). The molecule has 0 aliphatic carbocycles. The topological polar surface area (TPSA) is 69.7 Å². The highest BCUT2D eigenvalue weighted by Gasteiger charge is 2.43. The summed E-state index contributed by atoms with van der Waals surface area (Å²) in [7, 11) is 0. The minimum Gasteiger partial charge on any atom is -0.313 e. The molecule has 0 heterocycles. The number of nitriles is 1. The normalized spacial score (nSPS) is 14.9. The van der Waals surface area contributed by atoms with Gasteiger partial charge in [0.05, 0.1) is 6.07 Å². The van der Waals surface area contributed by atoms with E-state index < -0.39 is 11.6 Å². The smallest absolute Gasteiger partial charge is 0.136 e. The molecule has 0 fully saturated rings. The van der Waals surface area contributed by atoms with Crippen molar-refractivity contribution in [3.63, 3.8) is 0 Å². The molecule has 0 saturated heterocycles. The van der Waals surface area contributed by atoms with Crippen molar-refractivity contribution in [1.82, 2.24) is 0 Å². The van der Waals surface area contributed by atoms with E-state index >= 15 is 0 Å². The van der Waals surface area contributed by atoms with Crippen LogP contribution in [0.5, 0.6) is 0 Å². The third kappa shape index (κ3) is 1.77. The molecular weight excluding hydrogens is 152 g/mol. The molecule has 12 heavy (non-hydrogen) atoms. The average Bonchev–Trinajstić information content (AvgIpc) is 2.00. The number of nitrogens with zero attached hydrogens (tertiary/aromatic N) is 1. The fourth-order valence-electron chi connectivity index (χ4n) is 1.49. The Balaban J connectivity index is 4.77. The molecule has 0 spiro atoms. The van der Waals surface area contributed by atoms with Crippen molar-refractivity contribution in [2.24, 2.45) is 17.6 Å². The Hall–Kier alpha value is -0.590. The van der Waals surface area contributed by atoms with Crippen molar-refractivity contribution in [2.45, 2.75) is 39.3 Å². The molecular formula is C9H17N2O. The molecule has 0 aliphatic rings. The summed E-state index contributed by atoms with van der Waals surface area (Å²) in [5, 5.41) is 20.7. The van der Waals surface area contributed by atoms with Crippen LogP contribution in [0.3, 0.4) is 0 Å². The molecule has 0 aromatic carbocycles. The monoisotopic (exact) mass is 169 g/mol. The summed E-state index contributed by atoms with van der Waals surface area (Å²) >= 11 is 0. The van der Waals surface area contributed by atoms with Gasteiger partial charge in [0, 0.05) is 0 Å². The maximum atomic E-state index is 12.1. The fraction of sp³-hybridized carbons (Fsp3) is 0.889. The van der Waals surface area contributed by atoms with Gasteiger partial charge >= 0.3 is 0 Å². The molecule has 2 N–H and O–H groups in total. The average molecular weight is 169 g/mol. The Bertz CT molecular complexity index is 173. The quantitative estimate of drug-likeness (QED) is 0.692. The Morgan fingerprint density at radius 3 is 1.67 bits per heavy atom. The zero-order valence-corrected chi connectivity index (χ0v) is 8.16. The van der Waals surface area contributed by atoms with E-state index in [1.807, 2.05) is 33.8 Å². The summed E-state index contributed by atoms with van der Waals surface area (Å²) in [6.07, 6.45) is 0. The lowest BCUT2D eigenvalue weighted by molar-refractivity contribution is -0.110. The third-order valence-corrected chi connectivity index (χ3v) is 2.43. The SMILES string of the molecule is CC(C)C([O])(C(C)C)C(N)C#N. The minimum absolute atomic E-state index is 0.118. The van der Waals surface area contributed by atoms with Crippen LogP contribution in [0.25, 0.3) is 0 Å². The molecule has 3 heteroatoms. The van der Waals surface area contributed by atoms with Gasteiger partial charge in [0.1, 0.15) is 11.6 Å². The second-order valence-corrected chi connectivity index (χ2v) is 3.77. The molecule has 0 bridgehead atoms. The maximum Gasteiger partial charge on any atom is 0.136 e. The van der Waals surface area contributed by atoms with Gasteiger partial charge in [-0.1, -0.05) is 27.7 Å². The van der Waals surface area contributed by atoms with Gasteiger partial charge in [-0.25, -0.2) is 5.11 Å². The maximum absolute atomic E-state index is 12.1. The summed E-state index contributed by atoms with van der Waals surface area (Å²) in [5.41, 5.74) is 4.16. The van der Waals surface area contributed by atoms with Crippen LogP contribution in [-0.4, -0.2) is 11.6 Å². The lowest BCUT2D eigenvalue weighted by Gasteiger charge is -2.35. The third-order valence-electron chi connectivity index (χ3n) is 2.43. The van der Waals surface area contributed by atoms with Gasteiger partial charge in [0.15, 0.2) is 0 Å². The molecule has 69 valence electrons. The largest absolute Gasteiger partial charge is 0.313 e. The van der Waals surface area contributed by atoms with Gasteiger partial charge in [0.2, 0.25) is 0 Å². The van der Waals surface area contributed by atoms with Crippen molar-refractivity contribution in [3.8, 4) is 6.07 Å². The lowest BCUT2D eigenvalue weighted by atomic mass is 9.75. The standard InChI is InChI=1S/C9H17N2O/c1-6(2)9(12,7(3)4)8(11)5-10/h6-8H,11H2,1-4H3. The van der Waals surface area contributed by atoms with Crippen molar-refractivity contribution >= 4 is 0 Å². The number of nitrogens with two attached hydrogens (primary N) is 1. The van der Waals surface area contributed by atoms with Crippen LogP contribution in [0.2, 0.25) is 0 Å². The van der Waals surface area contributed by atoms with Crippen LogP contribution in [0, 0.1) is 23.2 Å². The Morgan fingerprint density at radius 1 is 1.25 bits per heavy atom. The Morgan fingerprint density at radius 2 is 1.58 bits per heavy atom. The molecule has 0 saturated carbocycles. The van der Waals surface area contributed by atoms with Gasteiger partial charge in [0.25, 0.3) is 0 Å². The zero-order chi connectivity index (χ0) is 9.94. The number of rotatable bonds is 3. The molecule has 0 amide bonds. The van der Waals surface area contributed by atoms with Crippen LogP contribution >= 0.6 is 0 Å². The van der Waals surface area contributed by atoms with Gasteiger partial charge < -0.3 is 5.73 Å². The van der Waals surface area contributed by atoms with Gasteiger partial charge in [-0.15, -0.1) is 0 Å². The van der Waals surface area contributed by atoms with Crippen molar-refractivity contribution in [3.05, 3.63) is 0 Å². The van der Waals surface area contributed by atoms with E-state index in [9.17, 15) is 5.11 Å². The van der Waals surface area contributed by atoms with Crippen LogP contribution in [0.15, 0.2) is 0 Å². The fourth-order valence-corrected chi connectivity index (χ4v) is 1.49. The predicted molar refractivity (Wildman–Crippen MR) is 46.7 cm³/mol. The van der Waals surface area contributed by atoms with E-state index in [1.165, 1.54) is 0 Å².